The summed E-state index contributed by atoms with van der Waals surface area (Å²) in [4.78, 5) is 57.2. The van der Waals surface area contributed by atoms with Gasteiger partial charge in [-0.15, -0.1) is 0 Å². The second-order valence-corrected chi connectivity index (χ2v) is 9.69. The minimum atomic E-state index is -1.01. The van der Waals surface area contributed by atoms with Crippen LogP contribution >= 0.6 is 0 Å². The second kappa shape index (κ2) is 15.2. The van der Waals surface area contributed by atoms with Crippen molar-refractivity contribution in [2.45, 2.75) is 44.3 Å². The number of guanidine groups is 1. The molecule has 0 aliphatic carbocycles. The zero-order chi connectivity index (χ0) is 30.6. The van der Waals surface area contributed by atoms with Gasteiger partial charge in [0.1, 0.15) is 12.1 Å². The number of aliphatic imine (C=N–C) groups is 1. The lowest BCUT2D eigenvalue weighted by atomic mass is 10.1. The summed E-state index contributed by atoms with van der Waals surface area (Å²) in [6.45, 7) is 0.354. The van der Waals surface area contributed by atoms with Crippen LogP contribution in [0.4, 0.5) is 11.4 Å². The molecular formula is C27H36N9O6-. The summed E-state index contributed by atoms with van der Waals surface area (Å²) in [7, 11) is 0. The molecule has 0 bridgehead atoms. The van der Waals surface area contributed by atoms with Crippen molar-refractivity contribution >= 4 is 41.0 Å². The van der Waals surface area contributed by atoms with Crippen molar-refractivity contribution in [2.75, 3.05) is 30.6 Å². The highest BCUT2D eigenvalue weighted by Gasteiger charge is 2.36. The first-order chi connectivity index (χ1) is 20.1. The molecule has 2 aromatic carbocycles. The van der Waals surface area contributed by atoms with Crippen molar-refractivity contribution in [2.24, 2.45) is 16.5 Å². The van der Waals surface area contributed by atoms with E-state index in [0.29, 0.717) is 42.6 Å². The quantitative estimate of drug-likeness (QED) is 0.0526. The SMILES string of the molecule is NC(N)=NCCCC(NC(=O)C1CCCN1C(=O)c1ccccc1N)C(=O)NCC(=O)NCc1ccc(N([O-])O)cc1. The van der Waals surface area contributed by atoms with Gasteiger partial charge in [-0.05, 0) is 55.5 Å². The molecule has 4 amide bonds. The molecule has 1 aliphatic rings. The molecule has 226 valence electrons. The number of likely N-dealkylation sites (tertiary alicyclic amines) is 1. The van der Waals surface area contributed by atoms with E-state index in [4.69, 9.17) is 22.4 Å². The largest absolute Gasteiger partial charge is 0.733 e. The first kappa shape index (κ1) is 31.6. The van der Waals surface area contributed by atoms with E-state index in [2.05, 4.69) is 20.9 Å². The highest BCUT2D eigenvalue weighted by Crippen LogP contribution is 2.23. The number of carbonyl (C=O) groups is 4. The number of nitrogens with zero attached hydrogens (tertiary/aromatic N) is 3. The zero-order valence-electron chi connectivity index (χ0n) is 23.0. The van der Waals surface area contributed by atoms with Crippen LogP contribution in [0.25, 0.3) is 0 Å². The maximum atomic E-state index is 13.3. The number of nitrogen functional groups attached to an aromatic ring is 1. The van der Waals surface area contributed by atoms with Gasteiger partial charge < -0.3 is 48.5 Å². The Kier molecular flexibility index (Phi) is 11.5. The van der Waals surface area contributed by atoms with Crippen LogP contribution in [0.5, 0.6) is 0 Å². The number of hydrogen-bond acceptors (Lipinski definition) is 9. The Labute approximate surface area is 242 Å². The van der Waals surface area contributed by atoms with Crippen molar-refractivity contribution in [1.29, 1.82) is 0 Å². The van der Waals surface area contributed by atoms with Crippen LogP contribution in [0, 0.1) is 5.21 Å². The summed E-state index contributed by atoms with van der Waals surface area (Å²) in [5.41, 5.74) is 18.0. The minimum Gasteiger partial charge on any atom is -0.733 e. The molecule has 1 heterocycles. The Balaban J connectivity index is 1.59. The zero-order valence-corrected chi connectivity index (χ0v) is 23.0. The second-order valence-electron chi connectivity index (χ2n) is 9.69. The Morgan fingerprint density at radius 1 is 1.10 bits per heavy atom. The summed E-state index contributed by atoms with van der Waals surface area (Å²) in [5.74, 6) is -2.04. The van der Waals surface area contributed by atoms with Crippen LogP contribution in [0.3, 0.4) is 0 Å². The normalized spacial score (nSPS) is 14.9. The first-order valence-electron chi connectivity index (χ1n) is 13.4. The standard InChI is InChI=1S/C27H36N9O6/c28-20-6-2-1-5-19(20)26(40)35-14-4-8-22(35)25(39)34-21(7-3-13-31-27(29)30)24(38)33-16-23(37)32-15-17-9-11-18(12-10-17)36(41)42/h1-2,5-6,9-12,21-22,41H,3-4,7-8,13-16,28H2,(H,32,37)(H,33,38)(H,34,39)(H4,29,30,31)/q-1. The van der Waals surface area contributed by atoms with E-state index < -0.39 is 29.8 Å². The number of anilines is 2. The molecular weight excluding hydrogens is 546 g/mol. The average Bonchev–Trinajstić information content (AvgIpc) is 3.46. The van der Waals surface area contributed by atoms with Crippen LogP contribution < -0.4 is 38.4 Å². The fourth-order valence-corrected chi connectivity index (χ4v) is 4.46. The number of carbonyl (C=O) groups excluding carboxylic acids is 4. The molecule has 15 nitrogen and oxygen atoms in total. The number of nitrogens with one attached hydrogen (secondary N) is 3. The smallest absolute Gasteiger partial charge is 0.256 e. The van der Waals surface area contributed by atoms with Crippen molar-refractivity contribution in [3.8, 4) is 0 Å². The third kappa shape index (κ3) is 9.07. The van der Waals surface area contributed by atoms with Gasteiger partial charge in [-0.3, -0.25) is 29.4 Å². The molecule has 1 aliphatic heterocycles. The Hall–Kier alpha value is -4.89. The first-order valence-corrected chi connectivity index (χ1v) is 13.4. The van der Waals surface area contributed by atoms with Gasteiger partial charge in [0.25, 0.3) is 5.91 Å². The van der Waals surface area contributed by atoms with Crippen molar-refractivity contribution < 1.29 is 24.4 Å². The van der Waals surface area contributed by atoms with Crippen molar-refractivity contribution in [3.63, 3.8) is 0 Å². The lowest BCUT2D eigenvalue weighted by Gasteiger charge is -2.27. The van der Waals surface area contributed by atoms with Gasteiger partial charge in [-0.2, -0.15) is 0 Å². The highest BCUT2D eigenvalue weighted by atomic mass is 16.8. The van der Waals surface area contributed by atoms with E-state index in [9.17, 15) is 24.4 Å². The highest BCUT2D eigenvalue weighted by molar-refractivity contribution is 6.02. The third-order valence-electron chi connectivity index (χ3n) is 6.66. The number of nitrogens with two attached hydrogens (primary N) is 3. The van der Waals surface area contributed by atoms with Gasteiger partial charge >= 0.3 is 0 Å². The predicted molar refractivity (Wildman–Crippen MR) is 156 cm³/mol. The fraction of sp³-hybridized carbons (Fsp3) is 0.370. The number of hydrogen-bond donors (Lipinski definition) is 7. The fourth-order valence-electron chi connectivity index (χ4n) is 4.46. The van der Waals surface area contributed by atoms with E-state index in [-0.39, 0.29) is 48.8 Å². The molecule has 0 spiro atoms. The van der Waals surface area contributed by atoms with E-state index in [1.807, 2.05) is 0 Å². The summed E-state index contributed by atoms with van der Waals surface area (Å²) >= 11 is 0. The lowest BCUT2D eigenvalue weighted by molar-refractivity contribution is -0.132. The monoisotopic (exact) mass is 582 g/mol. The predicted octanol–water partition coefficient (Wildman–Crippen LogP) is -0.462. The molecule has 1 saturated heterocycles. The number of rotatable bonds is 13. The number of amides is 4. The van der Waals surface area contributed by atoms with Gasteiger partial charge in [0.15, 0.2) is 5.96 Å². The van der Waals surface area contributed by atoms with E-state index in [1.165, 1.54) is 17.0 Å². The molecule has 1 fully saturated rings. The summed E-state index contributed by atoms with van der Waals surface area (Å²) < 4.78 is 0. The Morgan fingerprint density at radius 2 is 1.81 bits per heavy atom. The number of benzene rings is 2. The van der Waals surface area contributed by atoms with Gasteiger partial charge in [0.05, 0.1) is 17.8 Å². The van der Waals surface area contributed by atoms with Gasteiger partial charge in [-0.1, -0.05) is 24.3 Å². The van der Waals surface area contributed by atoms with Crippen LogP contribution in [0.2, 0.25) is 0 Å². The van der Waals surface area contributed by atoms with Crippen molar-refractivity contribution in [3.05, 3.63) is 64.9 Å². The van der Waals surface area contributed by atoms with Crippen LogP contribution in [0.1, 0.15) is 41.6 Å². The molecule has 15 heteroatoms. The molecule has 3 rings (SSSR count). The van der Waals surface area contributed by atoms with Crippen LogP contribution in [0.15, 0.2) is 53.5 Å². The number of para-hydroxylation sites is 1. The van der Waals surface area contributed by atoms with Crippen molar-refractivity contribution in [1.82, 2.24) is 20.9 Å². The molecule has 0 saturated carbocycles. The molecule has 0 radical (unpaired) electrons. The molecule has 0 aromatic heterocycles. The van der Waals surface area contributed by atoms with Gasteiger partial charge in [-0.25, -0.2) is 0 Å². The molecule has 2 unspecified atom stereocenters. The molecule has 2 atom stereocenters. The Bertz CT molecular complexity index is 1280. The average molecular weight is 583 g/mol. The third-order valence-corrected chi connectivity index (χ3v) is 6.66. The molecule has 42 heavy (non-hydrogen) atoms. The summed E-state index contributed by atoms with van der Waals surface area (Å²) in [6, 6.07) is 10.7. The summed E-state index contributed by atoms with van der Waals surface area (Å²) in [6.07, 6.45) is 1.56. The van der Waals surface area contributed by atoms with E-state index in [0.717, 1.165) is 0 Å². The maximum absolute atomic E-state index is 13.3. The minimum absolute atomic E-state index is 0.0413. The van der Waals surface area contributed by atoms with Crippen LogP contribution in [-0.2, 0) is 20.9 Å². The molecule has 10 N–H and O–H groups in total. The summed E-state index contributed by atoms with van der Waals surface area (Å²) in [5, 5.41) is 27.4. The maximum Gasteiger partial charge on any atom is 0.256 e. The van der Waals surface area contributed by atoms with E-state index >= 15 is 0 Å². The van der Waals surface area contributed by atoms with Crippen LogP contribution in [-0.4, -0.2) is 71.4 Å². The topological polar surface area (TPSA) is 245 Å². The molecule has 2 aromatic rings. The van der Waals surface area contributed by atoms with E-state index in [1.54, 1.807) is 36.4 Å². The van der Waals surface area contributed by atoms with Gasteiger partial charge in [0.2, 0.25) is 17.7 Å². The van der Waals surface area contributed by atoms with Gasteiger partial charge in [0, 0.05) is 25.3 Å². The Morgan fingerprint density at radius 3 is 2.48 bits per heavy atom. The lowest BCUT2D eigenvalue weighted by Crippen LogP contribution is -2.54.